The second-order valence-corrected chi connectivity index (χ2v) is 5.13. The van der Waals surface area contributed by atoms with Crippen molar-refractivity contribution in [1.29, 1.82) is 0 Å². The fourth-order valence-electron chi connectivity index (χ4n) is 1.58. The number of carbonyl (C=O) groups is 2. The molecular formula is C16H13Cl2F2KO5. The molecule has 2 aromatic carbocycles. The molecule has 0 fully saturated rings. The van der Waals surface area contributed by atoms with Gasteiger partial charge >= 0.3 is 51.4 Å². The first-order chi connectivity index (χ1) is 11.3. The summed E-state index contributed by atoms with van der Waals surface area (Å²) in [5.41, 5.74) is 0.302. The summed E-state index contributed by atoms with van der Waals surface area (Å²) in [4.78, 5) is 20.4. The second-order valence-electron chi connectivity index (χ2n) is 4.32. The summed E-state index contributed by atoms with van der Waals surface area (Å²) < 4.78 is 30.6. The van der Waals surface area contributed by atoms with Gasteiger partial charge < -0.3 is 15.3 Å². The molecule has 0 aliphatic heterocycles. The molecule has 0 saturated heterocycles. The number of phenolic OH excluding ortho intramolecular Hbond substituents is 1. The van der Waals surface area contributed by atoms with Gasteiger partial charge in [-0.05, 0) is 31.2 Å². The van der Waals surface area contributed by atoms with Gasteiger partial charge in [0.1, 0.15) is 12.6 Å². The maximum atomic E-state index is 13.1. The third-order valence-electron chi connectivity index (χ3n) is 2.62. The number of ether oxygens (including phenoxy) is 1. The molecule has 0 saturated carbocycles. The van der Waals surface area contributed by atoms with Gasteiger partial charge in [0.05, 0.1) is 16.7 Å². The summed E-state index contributed by atoms with van der Waals surface area (Å²) >= 11 is 11.0. The van der Waals surface area contributed by atoms with Crippen LogP contribution in [0.1, 0.15) is 27.6 Å². The van der Waals surface area contributed by atoms with Crippen LogP contribution in [0.25, 0.3) is 0 Å². The zero-order valence-corrected chi connectivity index (χ0v) is 18.4. The molecule has 2 rings (SSSR count). The van der Waals surface area contributed by atoms with E-state index < -0.39 is 17.4 Å². The zero-order valence-electron chi connectivity index (χ0n) is 13.8. The number of aromatic hydroxyl groups is 1. The van der Waals surface area contributed by atoms with Gasteiger partial charge in [0.15, 0.2) is 23.1 Å². The Morgan fingerprint density at radius 1 is 1.00 bits per heavy atom. The topological polar surface area (TPSA) is 93.6 Å². The van der Waals surface area contributed by atoms with Crippen molar-refractivity contribution in [3.8, 4) is 11.5 Å². The molecule has 2 aromatic rings. The third kappa shape index (κ3) is 7.97. The van der Waals surface area contributed by atoms with Crippen molar-refractivity contribution >= 4 is 35.8 Å². The predicted molar refractivity (Wildman–Crippen MR) is 88.4 cm³/mol. The molecule has 0 unspecified atom stereocenters. The van der Waals surface area contributed by atoms with Crippen LogP contribution in [0.3, 0.4) is 0 Å². The predicted octanol–water partition coefficient (Wildman–Crippen LogP) is 1.51. The summed E-state index contributed by atoms with van der Waals surface area (Å²) in [6, 6.07) is 4.55. The third-order valence-corrected chi connectivity index (χ3v) is 3.19. The number of rotatable bonds is 4. The van der Waals surface area contributed by atoms with E-state index in [4.69, 9.17) is 33.0 Å². The van der Waals surface area contributed by atoms with E-state index in [-0.39, 0.29) is 83.8 Å². The van der Waals surface area contributed by atoms with Gasteiger partial charge in [-0.2, -0.15) is 0 Å². The molecule has 10 heteroatoms. The van der Waals surface area contributed by atoms with Crippen molar-refractivity contribution in [3.05, 3.63) is 57.1 Å². The first-order valence-electron chi connectivity index (χ1n) is 6.54. The summed E-state index contributed by atoms with van der Waals surface area (Å²) in [5.74, 6) is -2.14. The number of hydrogen-bond acceptors (Lipinski definition) is 5. The summed E-state index contributed by atoms with van der Waals surface area (Å²) in [6.45, 7) is 2.06. The molecular weight excluding hydrogens is 420 g/mol. The van der Waals surface area contributed by atoms with Crippen LogP contribution >= 0.6 is 23.2 Å². The normalized spacial score (nSPS) is 8.96. The first kappa shape index (κ1) is 27.6. The van der Waals surface area contributed by atoms with E-state index in [1.807, 2.05) is 0 Å². The zero-order chi connectivity index (χ0) is 18.3. The van der Waals surface area contributed by atoms with Gasteiger partial charge in [0, 0.05) is 11.1 Å². The van der Waals surface area contributed by atoms with E-state index in [1.54, 1.807) is 6.92 Å². The standard InChI is InChI=1S/C9H8ClFO2.C7H4ClFO2.K.H2O/c1-2-13-9-7(10)3-6(5-12)4-8(9)11;8-5-1-4(3-10)2-6(9)7(5)11;;/h3-5H,2H2,1H3;1-3,11H;;1H2/q;;+1;/p-1. The molecule has 0 amide bonds. The van der Waals surface area contributed by atoms with Crippen LogP contribution in [0, 0.1) is 11.6 Å². The van der Waals surface area contributed by atoms with Gasteiger partial charge in [-0.15, -0.1) is 0 Å². The van der Waals surface area contributed by atoms with Crippen molar-refractivity contribution in [3.63, 3.8) is 0 Å². The largest absolute Gasteiger partial charge is 1.00 e. The summed E-state index contributed by atoms with van der Waals surface area (Å²) in [5, 5.41) is 8.76. The van der Waals surface area contributed by atoms with E-state index in [2.05, 4.69) is 0 Å². The number of benzene rings is 2. The van der Waals surface area contributed by atoms with Crippen LogP contribution < -0.4 is 56.1 Å². The molecule has 0 heterocycles. The summed E-state index contributed by atoms with van der Waals surface area (Å²) in [7, 11) is 0. The first-order valence-corrected chi connectivity index (χ1v) is 7.29. The molecule has 5 nitrogen and oxygen atoms in total. The Bertz CT molecular complexity index is 713. The van der Waals surface area contributed by atoms with Gasteiger partial charge in [-0.25, -0.2) is 8.78 Å². The van der Waals surface area contributed by atoms with Gasteiger partial charge in [0.2, 0.25) is 0 Å². The van der Waals surface area contributed by atoms with Crippen LogP contribution in [0.15, 0.2) is 24.3 Å². The molecule has 136 valence electrons. The van der Waals surface area contributed by atoms with E-state index >= 15 is 0 Å². The van der Waals surface area contributed by atoms with E-state index in [0.29, 0.717) is 19.2 Å². The monoisotopic (exact) mass is 432 g/mol. The molecule has 26 heavy (non-hydrogen) atoms. The molecule has 0 radical (unpaired) electrons. The van der Waals surface area contributed by atoms with Crippen LogP contribution in [0.2, 0.25) is 10.0 Å². The van der Waals surface area contributed by atoms with E-state index in [1.165, 1.54) is 12.1 Å². The Kier molecular flexibility index (Phi) is 14.4. The quantitative estimate of drug-likeness (QED) is 0.583. The molecule has 2 N–H and O–H groups in total. The minimum absolute atomic E-state index is 0. The Morgan fingerprint density at radius 2 is 1.46 bits per heavy atom. The van der Waals surface area contributed by atoms with Gasteiger partial charge in [-0.3, -0.25) is 9.59 Å². The average molecular weight is 433 g/mol. The molecule has 0 aromatic heterocycles. The fourth-order valence-corrected chi connectivity index (χ4v) is 2.07. The molecule has 0 bridgehead atoms. The van der Waals surface area contributed by atoms with Crippen LogP contribution in [0.5, 0.6) is 11.5 Å². The van der Waals surface area contributed by atoms with Crippen LogP contribution in [-0.4, -0.2) is 29.8 Å². The number of halogens is 4. The van der Waals surface area contributed by atoms with Crippen molar-refractivity contribution in [2.45, 2.75) is 6.92 Å². The number of phenols is 1. The fraction of sp³-hybridized carbons (Fsp3) is 0.125. The second kappa shape index (κ2) is 13.6. The van der Waals surface area contributed by atoms with Crippen molar-refractivity contribution in [2.75, 3.05) is 6.61 Å². The van der Waals surface area contributed by atoms with Crippen molar-refractivity contribution < 1.29 is 85.1 Å². The SMILES string of the molecule is CCOc1c(F)cc(C=O)cc1Cl.O=Cc1cc(F)c(O)c(Cl)c1.[K+].[OH-]. The number of carbonyl (C=O) groups excluding carboxylic acids is 2. The Hall–Kier alpha value is -0.584. The van der Waals surface area contributed by atoms with E-state index in [0.717, 1.165) is 12.1 Å². The van der Waals surface area contributed by atoms with Crippen LogP contribution in [-0.2, 0) is 0 Å². The number of aldehydes is 2. The average Bonchev–Trinajstić information content (AvgIpc) is 2.55. The Labute approximate surface area is 201 Å². The molecule has 0 aliphatic rings. The maximum Gasteiger partial charge on any atom is 1.00 e. The van der Waals surface area contributed by atoms with Gasteiger partial charge in [0.25, 0.3) is 0 Å². The van der Waals surface area contributed by atoms with Crippen molar-refractivity contribution in [1.82, 2.24) is 0 Å². The smallest absolute Gasteiger partial charge is 0.870 e. The number of hydrogen-bond donors (Lipinski definition) is 1. The Balaban J connectivity index is 0. The molecule has 0 atom stereocenters. The molecule has 0 aliphatic carbocycles. The molecule has 0 spiro atoms. The maximum absolute atomic E-state index is 13.1. The van der Waals surface area contributed by atoms with Crippen molar-refractivity contribution in [2.24, 2.45) is 0 Å². The van der Waals surface area contributed by atoms with Crippen LogP contribution in [0.4, 0.5) is 8.78 Å². The minimum Gasteiger partial charge on any atom is -0.870 e. The van der Waals surface area contributed by atoms with Gasteiger partial charge in [-0.1, -0.05) is 23.2 Å². The summed E-state index contributed by atoms with van der Waals surface area (Å²) in [6.07, 6.45) is 0.985. The van der Waals surface area contributed by atoms with E-state index in [9.17, 15) is 18.4 Å². The minimum atomic E-state index is -0.889. The Morgan fingerprint density at radius 3 is 1.85 bits per heavy atom.